The molecule has 1 unspecified atom stereocenters. The van der Waals surface area contributed by atoms with Gasteiger partial charge in [-0.3, -0.25) is 0 Å². The summed E-state index contributed by atoms with van der Waals surface area (Å²) in [4.78, 5) is 0.468. The van der Waals surface area contributed by atoms with E-state index in [4.69, 9.17) is 4.74 Å². The highest BCUT2D eigenvalue weighted by Crippen LogP contribution is 2.28. The summed E-state index contributed by atoms with van der Waals surface area (Å²) in [5.41, 5.74) is 1.33. The molecule has 0 fully saturated rings. The molecule has 0 spiro atoms. The molecule has 1 aromatic carbocycles. The quantitative estimate of drug-likeness (QED) is 0.705. The largest absolute Gasteiger partial charge is 0.491 e. The van der Waals surface area contributed by atoms with E-state index >= 15 is 0 Å². The monoisotopic (exact) mass is 270 g/mol. The van der Waals surface area contributed by atoms with Crippen LogP contribution in [-0.2, 0) is 0 Å². The number of hydrogen-bond acceptors (Lipinski definition) is 1. The Morgan fingerprint density at radius 1 is 1.20 bits per heavy atom. The lowest BCUT2D eigenvalue weighted by Gasteiger charge is -2.12. The van der Waals surface area contributed by atoms with E-state index in [0.29, 0.717) is 4.83 Å². The van der Waals surface area contributed by atoms with Crippen LogP contribution in [0.5, 0.6) is 5.75 Å². The molecule has 1 rings (SSSR count). The normalized spacial score (nSPS) is 12.9. The summed E-state index contributed by atoms with van der Waals surface area (Å²) in [6.45, 7) is 6.28. The Labute approximate surface area is 101 Å². The van der Waals surface area contributed by atoms with Crippen LogP contribution < -0.4 is 4.74 Å². The van der Waals surface area contributed by atoms with Gasteiger partial charge in [-0.05, 0) is 38.0 Å². The first kappa shape index (κ1) is 12.6. The summed E-state index contributed by atoms with van der Waals surface area (Å²) in [6.07, 6.45) is 2.61. The Hall–Kier alpha value is -0.500. The van der Waals surface area contributed by atoms with Crippen LogP contribution in [0.4, 0.5) is 0 Å². The average Bonchev–Trinajstić information content (AvgIpc) is 2.18. The number of alkyl halides is 1. The maximum atomic E-state index is 5.59. The highest BCUT2D eigenvalue weighted by atomic mass is 79.9. The summed E-state index contributed by atoms with van der Waals surface area (Å²) < 4.78 is 5.59. The molecular weight excluding hydrogens is 252 g/mol. The van der Waals surface area contributed by atoms with Crippen molar-refractivity contribution >= 4 is 15.9 Å². The van der Waals surface area contributed by atoms with E-state index in [-0.39, 0.29) is 6.10 Å². The molecule has 1 aromatic rings. The second-order valence-corrected chi connectivity index (χ2v) is 5.10. The molecule has 1 nitrogen and oxygen atoms in total. The molecule has 15 heavy (non-hydrogen) atoms. The Morgan fingerprint density at radius 2 is 1.80 bits per heavy atom. The zero-order chi connectivity index (χ0) is 11.3. The first-order chi connectivity index (χ1) is 7.13. The van der Waals surface area contributed by atoms with Gasteiger partial charge in [0.15, 0.2) is 0 Å². The SMILES string of the molecule is CCCC(Br)c1ccc(OC(C)C)cc1. The molecule has 0 radical (unpaired) electrons. The van der Waals surface area contributed by atoms with Gasteiger partial charge >= 0.3 is 0 Å². The van der Waals surface area contributed by atoms with Crippen molar-refractivity contribution in [3.63, 3.8) is 0 Å². The van der Waals surface area contributed by atoms with Crippen molar-refractivity contribution in [2.45, 2.75) is 44.5 Å². The van der Waals surface area contributed by atoms with Crippen molar-refractivity contribution < 1.29 is 4.74 Å². The van der Waals surface area contributed by atoms with E-state index in [0.717, 1.165) is 5.75 Å². The van der Waals surface area contributed by atoms with E-state index in [9.17, 15) is 0 Å². The van der Waals surface area contributed by atoms with Crippen LogP contribution in [0, 0.1) is 0 Å². The van der Waals surface area contributed by atoms with Crippen LogP contribution >= 0.6 is 15.9 Å². The van der Waals surface area contributed by atoms with Crippen LogP contribution in [0.3, 0.4) is 0 Å². The number of ether oxygens (including phenoxy) is 1. The first-order valence-corrected chi connectivity index (χ1v) is 6.45. The van der Waals surface area contributed by atoms with Gasteiger partial charge in [0, 0.05) is 4.83 Å². The lowest BCUT2D eigenvalue weighted by molar-refractivity contribution is 0.242. The zero-order valence-corrected chi connectivity index (χ0v) is 11.3. The molecular formula is C13H19BrO. The average molecular weight is 271 g/mol. The zero-order valence-electron chi connectivity index (χ0n) is 9.66. The van der Waals surface area contributed by atoms with E-state index in [1.807, 2.05) is 26.0 Å². The fourth-order valence-electron chi connectivity index (χ4n) is 1.45. The van der Waals surface area contributed by atoms with E-state index in [1.165, 1.54) is 18.4 Å². The molecule has 84 valence electrons. The molecule has 0 aliphatic heterocycles. The fourth-order valence-corrected chi connectivity index (χ4v) is 2.21. The standard InChI is InChI=1S/C13H19BrO/c1-4-5-13(14)11-6-8-12(9-7-11)15-10(2)3/h6-10,13H,4-5H2,1-3H3. The van der Waals surface area contributed by atoms with Gasteiger partial charge in [0.2, 0.25) is 0 Å². The Balaban J connectivity index is 2.63. The molecule has 1 atom stereocenters. The third kappa shape index (κ3) is 4.25. The lowest BCUT2D eigenvalue weighted by Crippen LogP contribution is -2.05. The van der Waals surface area contributed by atoms with Gasteiger partial charge in [-0.2, -0.15) is 0 Å². The fraction of sp³-hybridized carbons (Fsp3) is 0.538. The highest BCUT2D eigenvalue weighted by molar-refractivity contribution is 9.09. The third-order valence-electron chi connectivity index (χ3n) is 2.16. The lowest BCUT2D eigenvalue weighted by atomic mass is 10.1. The van der Waals surface area contributed by atoms with Crippen molar-refractivity contribution in [2.24, 2.45) is 0 Å². The minimum absolute atomic E-state index is 0.242. The van der Waals surface area contributed by atoms with Crippen LogP contribution in [0.2, 0.25) is 0 Å². The summed E-state index contributed by atoms with van der Waals surface area (Å²) >= 11 is 3.68. The van der Waals surface area contributed by atoms with Crippen molar-refractivity contribution in [1.29, 1.82) is 0 Å². The number of benzene rings is 1. The maximum Gasteiger partial charge on any atom is 0.119 e. The molecule has 0 saturated carbocycles. The minimum Gasteiger partial charge on any atom is -0.491 e. The van der Waals surface area contributed by atoms with Gasteiger partial charge in [-0.15, -0.1) is 0 Å². The first-order valence-electron chi connectivity index (χ1n) is 5.54. The van der Waals surface area contributed by atoms with Gasteiger partial charge in [0.05, 0.1) is 6.10 Å². The summed E-state index contributed by atoms with van der Waals surface area (Å²) in [7, 11) is 0. The molecule has 0 N–H and O–H groups in total. The van der Waals surface area contributed by atoms with Crippen molar-refractivity contribution in [1.82, 2.24) is 0 Å². The van der Waals surface area contributed by atoms with E-state index < -0.39 is 0 Å². The maximum absolute atomic E-state index is 5.59. The Bertz CT molecular complexity index is 279. The molecule has 2 heteroatoms. The summed E-state index contributed by atoms with van der Waals surface area (Å²) in [6, 6.07) is 8.35. The van der Waals surface area contributed by atoms with Crippen LogP contribution in [0.25, 0.3) is 0 Å². The van der Waals surface area contributed by atoms with Crippen LogP contribution in [0.15, 0.2) is 24.3 Å². The second-order valence-electron chi connectivity index (χ2n) is 3.99. The number of rotatable bonds is 5. The number of halogens is 1. The molecule has 0 aliphatic carbocycles. The minimum atomic E-state index is 0.242. The van der Waals surface area contributed by atoms with Crippen molar-refractivity contribution in [3.8, 4) is 5.75 Å². The molecule has 0 amide bonds. The van der Waals surface area contributed by atoms with Gasteiger partial charge in [0.1, 0.15) is 5.75 Å². The summed E-state index contributed by atoms with van der Waals surface area (Å²) in [5, 5.41) is 0. The molecule has 0 heterocycles. The topological polar surface area (TPSA) is 9.23 Å². The van der Waals surface area contributed by atoms with Crippen LogP contribution in [0.1, 0.15) is 44.0 Å². The Kier molecular flexibility index (Phi) is 5.16. The molecule has 0 aliphatic rings. The van der Waals surface area contributed by atoms with E-state index in [2.05, 4.69) is 35.0 Å². The second kappa shape index (κ2) is 6.16. The van der Waals surface area contributed by atoms with Crippen molar-refractivity contribution in [3.05, 3.63) is 29.8 Å². The summed E-state index contributed by atoms with van der Waals surface area (Å²) in [5.74, 6) is 0.949. The predicted molar refractivity (Wildman–Crippen MR) is 68.8 cm³/mol. The molecule has 0 saturated heterocycles. The van der Waals surface area contributed by atoms with Gasteiger partial charge < -0.3 is 4.74 Å². The van der Waals surface area contributed by atoms with Crippen LogP contribution in [-0.4, -0.2) is 6.10 Å². The Morgan fingerprint density at radius 3 is 2.27 bits per heavy atom. The van der Waals surface area contributed by atoms with Gasteiger partial charge in [0.25, 0.3) is 0 Å². The smallest absolute Gasteiger partial charge is 0.119 e. The van der Waals surface area contributed by atoms with Crippen molar-refractivity contribution in [2.75, 3.05) is 0 Å². The predicted octanol–water partition coefficient (Wildman–Crippen LogP) is 4.71. The molecule has 0 bridgehead atoms. The highest BCUT2D eigenvalue weighted by Gasteiger charge is 2.06. The third-order valence-corrected chi connectivity index (χ3v) is 3.14. The number of hydrogen-bond donors (Lipinski definition) is 0. The van der Waals surface area contributed by atoms with Gasteiger partial charge in [-0.1, -0.05) is 41.4 Å². The van der Waals surface area contributed by atoms with E-state index in [1.54, 1.807) is 0 Å². The molecule has 0 aromatic heterocycles. The van der Waals surface area contributed by atoms with Gasteiger partial charge in [-0.25, -0.2) is 0 Å².